The van der Waals surface area contributed by atoms with Crippen LogP contribution in [0.1, 0.15) is 271 Å². The zero-order valence-corrected chi connectivity index (χ0v) is 45.8. The largest absolute Gasteiger partial charge is 0.462 e. The molecule has 6 nitrogen and oxygen atoms in total. The van der Waals surface area contributed by atoms with Crippen LogP contribution in [0.2, 0.25) is 0 Å². The Balaban J connectivity index is 4.37. The second-order valence-electron chi connectivity index (χ2n) is 19.2. The molecular weight excluding hydrogens is 865 g/mol. The molecule has 0 aromatic carbocycles. The van der Waals surface area contributed by atoms with E-state index in [0.29, 0.717) is 19.3 Å². The van der Waals surface area contributed by atoms with Gasteiger partial charge in [0.2, 0.25) is 0 Å². The highest BCUT2D eigenvalue weighted by molar-refractivity contribution is 5.71. The summed E-state index contributed by atoms with van der Waals surface area (Å²) in [6.07, 6.45) is 76.8. The van der Waals surface area contributed by atoms with Gasteiger partial charge in [0.05, 0.1) is 0 Å². The maximum absolute atomic E-state index is 12.8. The Bertz CT molecular complexity index is 1400. The number of rotatable bonds is 52. The Labute approximate surface area is 432 Å². The summed E-state index contributed by atoms with van der Waals surface area (Å²) in [6.45, 7) is 6.44. The van der Waals surface area contributed by atoms with Gasteiger partial charge in [0.15, 0.2) is 6.10 Å². The molecule has 0 radical (unpaired) electrons. The van der Waals surface area contributed by atoms with Crippen molar-refractivity contribution in [1.82, 2.24) is 0 Å². The molecule has 0 amide bonds. The van der Waals surface area contributed by atoms with Gasteiger partial charge in [-0.05, 0) is 116 Å². The Morgan fingerprint density at radius 2 is 0.571 bits per heavy atom. The van der Waals surface area contributed by atoms with Gasteiger partial charge in [-0.1, -0.05) is 234 Å². The van der Waals surface area contributed by atoms with Gasteiger partial charge in [0.25, 0.3) is 0 Å². The van der Waals surface area contributed by atoms with Crippen molar-refractivity contribution in [2.75, 3.05) is 13.2 Å². The SMILES string of the molecule is CC/C=C\C/C=C\C/C=C\C/C=C\CCCCCCCCCCCCC(=O)OCC(COC(=O)CCCCCCC/C=C\C/C=C\CCCC)OC(=O)CCCCCCC/C=C\C/C=C\CCCCC. The molecule has 400 valence electrons. The number of hydrogen-bond acceptors (Lipinski definition) is 6. The van der Waals surface area contributed by atoms with E-state index >= 15 is 0 Å². The first-order valence-electron chi connectivity index (χ1n) is 29.2. The van der Waals surface area contributed by atoms with Gasteiger partial charge in [-0.25, -0.2) is 0 Å². The smallest absolute Gasteiger partial charge is 0.306 e. The molecule has 0 saturated carbocycles. The quantitative estimate of drug-likeness (QED) is 0.0262. The van der Waals surface area contributed by atoms with Crippen molar-refractivity contribution in [2.45, 2.75) is 277 Å². The number of unbranched alkanes of at least 4 members (excludes halogenated alkanes) is 25. The third-order valence-electron chi connectivity index (χ3n) is 12.3. The van der Waals surface area contributed by atoms with E-state index in [2.05, 4.69) is 118 Å². The molecule has 1 atom stereocenters. The first-order valence-corrected chi connectivity index (χ1v) is 29.2. The van der Waals surface area contributed by atoms with E-state index in [0.717, 1.165) is 135 Å². The topological polar surface area (TPSA) is 78.9 Å². The van der Waals surface area contributed by atoms with Crippen molar-refractivity contribution in [3.05, 3.63) is 97.2 Å². The van der Waals surface area contributed by atoms with Crippen molar-refractivity contribution < 1.29 is 28.6 Å². The van der Waals surface area contributed by atoms with E-state index in [-0.39, 0.29) is 31.1 Å². The molecule has 0 aromatic rings. The van der Waals surface area contributed by atoms with E-state index < -0.39 is 6.10 Å². The van der Waals surface area contributed by atoms with Gasteiger partial charge in [0.1, 0.15) is 13.2 Å². The van der Waals surface area contributed by atoms with Gasteiger partial charge < -0.3 is 14.2 Å². The molecule has 0 spiro atoms. The monoisotopic (exact) mass is 973 g/mol. The molecule has 0 heterocycles. The van der Waals surface area contributed by atoms with Gasteiger partial charge in [0, 0.05) is 19.3 Å². The zero-order valence-electron chi connectivity index (χ0n) is 45.8. The molecule has 0 aliphatic carbocycles. The first-order chi connectivity index (χ1) is 34.5. The van der Waals surface area contributed by atoms with E-state index in [1.54, 1.807) is 0 Å². The van der Waals surface area contributed by atoms with Crippen LogP contribution in [0.25, 0.3) is 0 Å². The van der Waals surface area contributed by atoms with E-state index in [1.807, 2.05) is 0 Å². The first kappa shape index (κ1) is 66.3. The maximum Gasteiger partial charge on any atom is 0.306 e. The van der Waals surface area contributed by atoms with Crippen LogP contribution in [-0.4, -0.2) is 37.2 Å². The second kappa shape index (κ2) is 57.9. The molecule has 0 aliphatic rings. The average Bonchev–Trinajstić information content (AvgIpc) is 3.36. The maximum atomic E-state index is 12.8. The van der Waals surface area contributed by atoms with Gasteiger partial charge >= 0.3 is 17.9 Å². The molecule has 1 unspecified atom stereocenters. The molecule has 0 bridgehead atoms. The molecular formula is C64H108O6. The average molecular weight is 974 g/mol. The van der Waals surface area contributed by atoms with Crippen LogP contribution in [0.5, 0.6) is 0 Å². The molecule has 0 N–H and O–H groups in total. The molecule has 0 fully saturated rings. The Morgan fingerprint density at radius 3 is 0.914 bits per heavy atom. The van der Waals surface area contributed by atoms with Crippen LogP contribution in [0, 0.1) is 0 Å². The number of hydrogen-bond donors (Lipinski definition) is 0. The minimum Gasteiger partial charge on any atom is -0.462 e. The minimum atomic E-state index is -0.793. The Kier molecular flexibility index (Phi) is 54.9. The summed E-state index contributed by atoms with van der Waals surface area (Å²) < 4.78 is 16.9. The lowest BCUT2D eigenvalue weighted by atomic mass is 10.1. The summed E-state index contributed by atoms with van der Waals surface area (Å²) >= 11 is 0. The third-order valence-corrected chi connectivity index (χ3v) is 12.3. The molecule has 0 rings (SSSR count). The fourth-order valence-electron chi connectivity index (χ4n) is 7.89. The van der Waals surface area contributed by atoms with E-state index in [1.165, 1.54) is 96.3 Å². The lowest BCUT2D eigenvalue weighted by Crippen LogP contribution is -2.30. The summed E-state index contributed by atoms with van der Waals surface area (Å²) in [6, 6.07) is 0. The van der Waals surface area contributed by atoms with Crippen LogP contribution >= 0.6 is 0 Å². The number of ether oxygens (including phenoxy) is 3. The highest BCUT2D eigenvalue weighted by Crippen LogP contribution is 2.15. The van der Waals surface area contributed by atoms with Crippen molar-refractivity contribution in [1.29, 1.82) is 0 Å². The summed E-state index contributed by atoms with van der Waals surface area (Å²) in [5.74, 6) is -0.919. The predicted molar refractivity (Wildman–Crippen MR) is 302 cm³/mol. The third kappa shape index (κ3) is 55.3. The second-order valence-corrected chi connectivity index (χ2v) is 19.2. The van der Waals surface area contributed by atoms with Gasteiger partial charge in [-0.15, -0.1) is 0 Å². The van der Waals surface area contributed by atoms with Crippen LogP contribution in [-0.2, 0) is 28.6 Å². The summed E-state index contributed by atoms with van der Waals surface area (Å²) in [7, 11) is 0. The van der Waals surface area contributed by atoms with Crippen molar-refractivity contribution >= 4 is 17.9 Å². The standard InChI is InChI=1S/C64H108O6/c1-4-7-10-13-16-19-22-25-28-29-30-31-32-33-34-35-37-39-42-45-48-51-54-57-63(66)69-60-61(59-68-62(65)56-53-50-47-44-41-38-27-24-21-18-15-12-9-6-3)70-64(67)58-55-52-49-46-43-40-36-26-23-20-17-14-11-8-5-2/h7,10,15-20,24-28,30-31,36,61H,4-6,8-9,11-14,21-23,29,32-35,37-60H2,1-3H3/b10-7-,18-15-,19-16-,20-17-,27-24-,28-25-,31-30-,36-26-. The number of carbonyl (C=O) groups excluding carboxylic acids is 3. The number of allylic oxidation sites excluding steroid dienone is 16. The minimum absolute atomic E-state index is 0.0902. The molecule has 0 aliphatic heterocycles. The Morgan fingerprint density at radius 1 is 0.300 bits per heavy atom. The van der Waals surface area contributed by atoms with Gasteiger partial charge in [-0.2, -0.15) is 0 Å². The molecule has 6 heteroatoms. The van der Waals surface area contributed by atoms with E-state index in [9.17, 15) is 14.4 Å². The van der Waals surface area contributed by atoms with Crippen LogP contribution < -0.4 is 0 Å². The summed E-state index contributed by atoms with van der Waals surface area (Å²) in [4.78, 5) is 38.2. The van der Waals surface area contributed by atoms with E-state index in [4.69, 9.17) is 14.2 Å². The zero-order chi connectivity index (χ0) is 50.7. The summed E-state index contributed by atoms with van der Waals surface area (Å²) in [5.41, 5.74) is 0. The number of esters is 3. The van der Waals surface area contributed by atoms with Crippen LogP contribution in [0.3, 0.4) is 0 Å². The fraction of sp³-hybridized carbons (Fsp3) is 0.703. The Hall–Kier alpha value is -3.67. The fourth-order valence-corrected chi connectivity index (χ4v) is 7.89. The highest BCUT2D eigenvalue weighted by atomic mass is 16.6. The molecule has 0 aromatic heterocycles. The summed E-state index contributed by atoms with van der Waals surface area (Å²) in [5, 5.41) is 0. The van der Waals surface area contributed by atoms with Crippen LogP contribution in [0.15, 0.2) is 97.2 Å². The highest BCUT2D eigenvalue weighted by Gasteiger charge is 2.19. The molecule has 70 heavy (non-hydrogen) atoms. The van der Waals surface area contributed by atoms with Gasteiger partial charge in [-0.3, -0.25) is 14.4 Å². The van der Waals surface area contributed by atoms with Crippen LogP contribution in [0.4, 0.5) is 0 Å². The lowest BCUT2D eigenvalue weighted by molar-refractivity contribution is -0.167. The normalized spacial score (nSPS) is 12.8. The van der Waals surface area contributed by atoms with Crippen molar-refractivity contribution in [3.63, 3.8) is 0 Å². The van der Waals surface area contributed by atoms with Crippen molar-refractivity contribution in [2.24, 2.45) is 0 Å². The predicted octanol–water partition coefficient (Wildman–Crippen LogP) is 19.7. The lowest BCUT2D eigenvalue weighted by Gasteiger charge is -2.18. The number of carbonyl (C=O) groups is 3. The van der Waals surface area contributed by atoms with Crippen molar-refractivity contribution in [3.8, 4) is 0 Å². The molecule has 0 saturated heterocycles.